The van der Waals surface area contributed by atoms with E-state index in [1.54, 1.807) is 11.8 Å². The van der Waals surface area contributed by atoms with Gasteiger partial charge in [0.05, 0.1) is 18.0 Å². The Balaban J connectivity index is 1.73. The summed E-state index contributed by atoms with van der Waals surface area (Å²) in [6.45, 7) is 0.967. The third-order valence-corrected chi connectivity index (χ3v) is 4.96. The minimum Gasteiger partial charge on any atom is -0.390 e. The number of hydrogen-bond donors (Lipinski definition) is 1. The molecule has 1 aliphatic heterocycles. The van der Waals surface area contributed by atoms with E-state index >= 15 is 0 Å². The number of aliphatic hydroxyl groups is 1. The summed E-state index contributed by atoms with van der Waals surface area (Å²) in [6.07, 6.45) is 0. The van der Waals surface area contributed by atoms with Crippen molar-refractivity contribution in [3.05, 3.63) is 60.3 Å². The molecular formula is C18H16N2OS. The van der Waals surface area contributed by atoms with Crippen LogP contribution in [0.5, 0.6) is 0 Å². The van der Waals surface area contributed by atoms with E-state index in [1.807, 2.05) is 18.2 Å². The third-order valence-electron chi connectivity index (χ3n) is 4.00. The molecule has 0 spiro atoms. The summed E-state index contributed by atoms with van der Waals surface area (Å²) in [5, 5.41) is 10.7. The number of rotatable bonds is 3. The van der Waals surface area contributed by atoms with Crippen LogP contribution in [0.4, 0.5) is 0 Å². The Hall–Kier alpha value is -2.04. The molecule has 4 rings (SSSR count). The minimum absolute atomic E-state index is 0.0311. The minimum atomic E-state index is 0.0311. The molecule has 110 valence electrons. The molecule has 0 radical (unpaired) electrons. The van der Waals surface area contributed by atoms with Gasteiger partial charge in [-0.3, -0.25) is 0 Å². The van der Waals surface area contributed by atoms with Crippen molar-refractivity contribution < 1.29 is 5.11 Å². The molecule has 0 bridgehead atoms. The van der Waals surface area contributed by atoms with Crippen LogP contribution in [0.2, 0.25) is 0 Å². The first-order valence-electron chi connectivity index (χ1n) is 7.36. The van der Waals surface area contributed by atoms with E-state index in [0.29, 0.717) is 0 Å². The number of aromatic nitrogens is 2. The van der Waals surface area contributed by atoms with Crippen molar-refractivity contribution in [2.24, 2.45) is 0 Å². The highest BCUT2D eigenvalue weighted by molar-refractivity contribution is 7.99. The Labute approximate surface area is 133 Å². The van der Waals surface area contributed by atoms with Gasteiger partial charge in [-0.2, -0.15) is 0 Å². The number of benzene rings is 2. The molecule has 1 aromatic heterocycles. The second-order valence-corrected chi connectivity index (χ2v) is 6.35. The standard InChI is InChI=1S/C18H16N2OS/c21-12-16-17(19-18-20(16)10-11-22-18)15-8-6-14(7-9-15)13-4-2-1-3-5-13/h1-9,21H,10-12H2. The fourth-order valence-electron chi connectivity index (χ4n) is 2.88. The average Bonchev–Trinajstić information content (AvgIpc) is 3.16. The molecule has 0 saturated heterocycles. The molecule has 1 aliphatic rings. The highest BCUT2D eigenvalue weighted by atomic mass is 32.2. The van der Waals surface area contributed by atoms with Crippen LogP contribution < -0.4 is 0 Å². The van der Waals surface area contributed by atoms with Crippen molar-refractivity contribution in [3.8, 4) is 22.4 Å². The molecule has 0 saturated carbocycles. The molecule has 0 fully saturated rings. The molecule has 3 aromatic rings. The Morgan fingerprint density at radius 3 is 2.36 bits per heavy atom. The molecule has 2 heterocycles. The van der Waals surface area contributed by atoms with Crippen LogP contribution in [0.1, 0.15) is 5.69 Å². The van der Waals surface area contributed by atoms with Gasteiger partial charge in [0.1, 0.15) is 0 Å². The van der Waals surface area contributed by atoms with E-state index in [9.17, 15) is 5.11 Å². The fraction of sp³-hybridized carbons (Fsp3) is 0.167. The van der Waals surface area contributed by atoms with Crippen LogP contribution in [0.15, 0.2) is 59.8 Å². The van der Waals surface area contributed by atoms with Crippen LogP contribution in [0.25, 0.3) is 22.4 Å². The molecule has 3 nitrogen and oxygen atoms in total. The van der Waals surface area contributed by atoms with E-state index in [1.165, 1.54) is 11.1 Å². The molecular weight excluding hydrogens is 292 g/mol. The summed E-state index contributed by atoms with van der Waals surface area (Å²) < 4.78 is 2.13. The summed E-state index contributed by atoms with van der Waals surface area (Å²) in [5.41, 5.74) is 5.29. The quantitative estimate of drug-likeness (QED) is 0.799. The highest BCUT2D eigenvalue weighted by Crippen LogP contribution is 2.33. The van der Waals surface area contributed by atoms with E-state index < -0.39 is 0 Å². The number of imidazole rings is 1. The van der Waals surface area contributed by atoms with Gasteiger partial charge in [-0.15, -0.1) is 0 Å². The lowest BCUT2D eigenvalue weighted by molar-refractivity contribution is 0.271. The molecule has 0 atom stereocenters. The third kappa shape index (κ3) is 2.25. The number of hydrogen-bond acceptors (Lipinski definition) is 3. The van der Waals surface area contributed by atoms with E-state index in [0.717, 1.165) is 34.4 Å². The van der Waals surface area contributed by atoms with Crippen molar-refractivity contribution in [1.29, 1.82) is 0 Å². The predicted octanol–water partition coefficient (Wildman–Crippen LogP) is 3.82. The Morgan fingerprint density at radius 1 is 0.955 bits per heavy atom. The molecule has 22 heavy (non-hydrogen) atoms. The SMILES string of the molecule is OCc1c(-c2ccc(-c3ccccc3)cc2)nc2n1CCS2. The number of thioether (sulfide) groups is 1. The molecule has 0 unspecified atom stereocenters. The second kappa shape index (κ2) is 5.63. The smallest absolute Gasteiger partial charge is 0.168 e. The molecule has 0 amide bonds. The normalized spacial score (nSPS) is 13.3. The van der Waals surface area contributed by atoms with Gasteiger partial charge >= 0.3 is 0 Å². The summed E-state index contributed by atoms with van der Waals surface area (Å²) >= 11 is 1.75. The second-order valence-electron chi connectivity index (χ2n) is 5.29. The zero-order valence-electron chi connectivity index (χ0n) is 12.1. The van der Waals surface area contributed by atoms with Crippen LogP contribution in [0.3, 0.4) is 0 Å². The first-order chi connectivity index (χ1) is 10.9. The Kier molecular flexibility index (Phi) is 3.48. The van der Waals surface area contributed by atoms with E-state index in [2.05, 4.69) is 41.0 Å². The highest BCUT2D eigenvalue weighted by Gasteiger charge is 2.21. The summed E-state index contributed by atoms with van der Waals surface area (Å²) in [6, 6.07) is 18.7. The number of fused-ring (bicyclic) bond motifs is 1. The maximum atomic E-state index is 9.70. The van der Waals surface area contributed by atoms with Gasteiger partial charge in [0.15, 0.2) is 5.16 Å². The van der Waals surface area contributed by atoms with Crippen LogP contribution in [0, 0.1) is 0 Å². The van der Waals surface area contributed by atoms with Crippen LogP contribution in [-0.4, -0.2) is 20.4 Å². The topological polar surface area (TPSA) is 38.1 Å². The van der Waals surface area contributed by atoms with Gasteiger partial charge in [0.25, 0.3) is 0 Å². The first kappa shape index (κ1) is 13.6. The molecule has 0 aliphatic carbocycles. The van der Waals surface area contributed by atoms with E-state index in [4.69, 9.17) is 4.98 Å². The van der Waals surface area contributed by atoms with Gasteiger partial charge in [-0.1, -0.05) is 66.4 Å². The van der Waals surface area contributed by atoms with Crippen molar-refractivity contribution >= 4 is 11.8 Å². The molecule has 4 heteroatoms. The van der Waals surface area contributed by atoms with Gasteiger partial charge in [-0.05, 0) is 11.1 Å². The van der Waals surface area contributed by atoms with Crippen LogP contribution >= 0.6 is 11.8 Å². The lowest BCUT2D eigenvalue weighted by Crippen LogP contribution is -2.01. The maximum Gasteiger partial charge on any atom is 0.168 e. The zero-order valence-corrected chi connectivity index (χ0v) is 12.9. The lowest BCUT2D eigenvalue weighted by Gasteiger charge is -2.06. The van der Waals surface area contributed by atoms with Gasteiger partial charge in [-0.25, -0.2) is 4.98 Å². The zero-order chi connectivity index (χ0) is 14.9. The summed E-state index contributed by atoms with van der Waals surface area (Å²) in [5.74, 6) is 1.04. The number of nitrogens with zero attached hydrogens (tertiary/aromatic N) is 2. The maximum absolute atomic E-state index is 9.70. The van der Waals surface area contributed by atoms with Gasteiger partial charge in [0, 0.05) is 17.9 Å². The van der Waals surface area contributed by atoms with Crippen molar-refractivity contribution in [1.82, 2.24) is 9.55 Å². The average molecular weight is 308 g/mol. The molecule has 1 N–H and O–H groups in total. The van der Waals surface area contributed by atoms with E-state index in [-0.39, 0.29) is 6.61 Å². The van der Waals surface area contributed by atoms with Crippen LogP contribution in [-0.2, 0) is 13.2 Å². The van der Waals surface area contributed by atoms with Crippen molar-refractivity contribution in [2.45, 2.75) is 18.3 Å². The number of aliphatic hydroxyl groups excluding tert-OH is 1. The Morgan fingerprint density at radius 2 is 1.64 bits per heavy atom. The predicted molar refractivity (Wildman–Crippen MR) is 89.7 cm³/mol. The molecule has 2 aromatic carbocycles. The lowest BCUT2D eigenvalue weighted by atomic mass is 10.0. The van der Waals surface area contributed by atoms with Crippen molar-refractivity contribution in [2.75, 3.05) is 5.75 Å². The monoisotopic (exact) mass is 308 g/mol. The van der Waals surface area contributed by atoms with Crippen molar-refractivity contribution in [3.63, 3.8) is 0 Å². The largest absolute Gasteiger partial charge is 0.390 e. The van der Waals surface area contributed by atoms with Gasteiger partial charge in [0.2, 0.25) is 0 Å². The fourth-order valence-corrected chi connectivity index (χ4v) is 3.84. The first-order valence-corrected chi connectivity index (χ1v) is 8.34. The van der Waals surface area contributed by atoms with Gasteiger partial charge < -0.3 is 9.67 Å². The Bertz CT molecular complexity index is 794. The summed E-state index contributed by atoms with van der Waals surface area (Å²) in [4.78, 5) is 4.70. The summed E-state index contributed by atoms with van der Waals surface area (Å²) in [7, 11) is 0.